The zero-order valence-electron chi connectivity index (χ0n) is 8.86. The molecule has 0 aromatic heterocycles. The third-order valence-electron chi connectivity index (χ3n) is 1.63. The summed E-state index contributed by atoms with van der Waals surface area (Å²) in [7, 11) is -3.13. The van der Waals surface area contributed by atoms with E-state index in [0.29, 0.717) is 13.2 Å². The van der Waals surface area contributed by atoms with E-state index in [9.17, 15) is 9.36 Å². The highest BCUT2D eigenvalue weighted by Gasteiger charge is 2.28. The second kappa shape index (κ2) is 6.17. The molecule has 0 aliphatic carbocycles. The van der Waals surface area contributed by atoms with Crippen LogP contribution >= 0.6 is 7.60 Å². The van der Waals surface area contributed by atoms with Crippen molar-refractivity contribution >= 4 is 13.5 Å². The van der Waals surface area contributed by atoms with Crippen LogP contribution in [0.25, 0.3) is 0 Å². The highest BCUT2D eigenvalue weighted by molar-refractivity contribution is 7.53. The molecule has 5 nitrogen and oxygen atoms in total. The average molecular weight is 223 g/mol. The van der Waals surface area contributed by atoms with Crippen molar-refractivity contribution in [1.82, 2.24) is 0 Å². The Morgan fingerprint density at radius 2 is 1.79 bits per heavy atom. The Hall–Kier alpha value is -0.380. The van der Waals surface area contributed by atoms with Crippen molar-refractivity contribution in [3.8, 4) is 0 Å². The van der Waals surface area contributed by atoms with Crippen LogP contribution in [-0.4, -0.2) is 25.3 Å². The molecule has 1 atom stereocenters. The number of carbonyl (C=O) groups is 1. The Morgan fingerprint density at radius 3 is 2.07 bits per heavy atom. The summed E-state index contributed by atoms with van der Waals surface area (Å²) in [6.45, 7) is 5.64. The maximum Gasteiger partial charge on any atom is 0.331 e. The summed E-state index contributed by atoms with van der Waals surface area (Å²) in [5.41, 5.74) is 5.06. The lowest BCUT2D eigenvalue weighted by Crippen LogP contribution is -2.24. The summed E-state index contributed by atoms with van der Waals surface area (Å²) in [5.74, 6) is -0.997. The van der Waals surface area contributed by atoms with E-state index < -0.39 is 19.4 Å². The molecule has 0 aliphatic heterocycles. The molecule has 0 aromatic carbocycles. The van der Waals surface area contributed by atoms with Gasteiger partial charge in [-0.15, -0.1) is 0 Å². The van der Waals surface area contributed by atoms with Crippen LogP contribution in [0.5, 0.6) is 0 Å². The first-order chi connectivity index (χ1) is 6.45. The average Bonchev–Trinajstić information content (AvgIpc) is 2.04. The molecule has 1 amide bonds. The minimum absolute atomic E-state index is 0.0456. The first kappa shape index (κ1) is 13.6. The van der Waals surface area contributed by atoms with Crippen molar-refractivity contribution in [2.75, 3.05) is 19.4 Å². The molecule has 6 heteroatoms. The van der Waals surface area contributed by atoms with Crippen LogP contribution < -0.4 is 5.73 Å². The molecule has 0 rings (SSSR count). The molecule has 0 fully saturated rings. The van der Waals surface area contributed by atoms with Gasteiger partial charge in [-0.3, -0.25) is 9.36 Å². The Bertz CT molecular complexity index is 221. The Labute approximate surface area is 84.5 Å². The minimum Gasteiger partial charge on any atom is -0.369 e. The summed E-state index contributed by atoms with van der Waals surface area (Å²) in [4.78, 5) is 10.8. The number of amides is 1. The van der Waals surface area contributed by atoms with Crippen molar-refractivity contribution < 1.29 is 18.4 Å². The number of carbonyl (C=O) groups excluding carboxylic acids is 1. The molecule has 0 aliphatic rings. The molecule has 0 spiro atoms. The van der Waals surface area contributed by atoms with Gasteiger partial charge in [-0.05, 0) is 13.8 Å². The number of hydrogen-bond donors (Lipinski definition) is 1. The molecular weight excluding hydrogens is 205 g/mol. The molecular formula is C8H18NO4P. The number of nitrogens with two attached hydrogens (primary N) is 1. The largest absolute Gasteiger partial charge is 0.369 e. The van der Waals surface area contributed by atoms with Crippen molar-refractivity contribution in [3.05, 3.63) is 0 Å². The van der Waals surface area contributed by atoms with Gasteiger partial charge in [0.15, 0.2) is 0 Å². The number of rotatable bonds is 7. The van der Waals surface area contributed by atoms with E-state index >= 15 is 0 Å². The lowest BCUT2D eigenvalue weighted by Gasteiger charge is -2.18. The highest BCUT2D eigenvalue weighted by Crippen LogP contribution is 2.49. The fraction of sp³-hybridized carbons (Fsp3) is 0.875. The fourth-order valence-electron chi connectivity index (χ4n) is 0.961. The third-order valence-corrected chi connectivity index (χ3v) is 3.93. The van der Waals surface area contributed by atoms with Gasteiger partial charge < -0.3 is 14.8 Å². The quantitative estimate of drug-likeness (QED) is 0.661. The van der Waals surface area contributed by atoms with Crippen molar-refractivity contribution in [2.45, 2.75) is 20.8 Å². The Morgan fingerprint density at radius 1 is 1.36 bits per heavy atom. The van der Waals surface area contributed by atoms with Gasteiger partial charge in [0.2, 0.25) is 5.91 Å². The molecule has 0 radical (unpaired) electrons. The van der Waals surface area contributed by atoms with Crippen molar-refractivity contribution in [2.24, 2.45) is 11.7 Å². The molecule has 2 N–H and O–H groups in total. The number of primary amides is 1. The SMILES string of the molecule is CCOP(=O)(C[C@@H](C)C(N)=O)OCC. The minimum atomic E-state index is -3.13. The number of hydrogen-bond acceptors (Lipinski definition) is 4. The molecule has 0 saturated heterocycles. The second-order valence-electron chi connectivity index (χ2n) is 2.93. The molecule has 0 saturated carbocycles. The van der Waals surface area contributed by atoms with Crippen molar-refractivity contribution in [3.63, 3.8) is 0 Å². The smallest absolute Gasteiger partial charge is 0.331 e. The lowest BCUT2D eigenvalue weighted by atomic mass is 10.2. The summed E-state index contributed by atoms with van der Waals surface area (Å²) in [6, 6.07) is 0. The van der Waals surface area contributed by atoms with E-state index in [1.54, 1.807) is 20.8 Å². The zero-order valence-corrected chi connectivity index (χ0v) is 9.75. The van der Waals surface area contributed by atoms with E-state index in [-0.39, 0.29) is 6.16 Å². The second-order valence-corrected chi connectivity index (χ2v) is 5.04. The van der Waals surface area contributed by atoms with Gasteiger partial charge in [-0.2, -0.15) is 0 Å². The van der Waals surface area contributed by atoms with Crippen LogP contribution in [0.4, 0.5) is 0 Å². The van der Waals surface area contributed by atoms with E-state index in [2.05, 4.69) is 0 Å². The normalized spacial score (nSPS) is 13.9. The predicted octanol–water partition coefficient (Wildman–Crippen LogP) is 1.37. The van der Waals surface area contributed by atoms with Gasteiger partial charge in [0.05, 0.1) is 19.4 Å². The Kier molecular flexibility index (Phi) is 6.00. The van der Waals surface area contributed by atoms with Gasteiger partial charge >= 0.3 is 7.60 Å². The topological polar surface area (TPSA) is 78.6 Å². The molecule has 14 heavy (non-hydrogen) atoms. The highest BCUT2D eigenvalue weighted by atomic mass is 31.2. The van der Waals surface area contributed by atoms with Gasteiger partial charge in [0.25, 0.3) is 0 Å². The van der Waals surface area contributed by atoms with Crippen LogP contribution in [0.15, 0.2) is 0 Å². The van der Waals surface area contributed by atoms with E-state index in [1.165, 1.54) is 0 Å². The summed E-state index contributed by atoms with van der Waals surface area (Å²) < 4.78 is 21.9. The van der Waals surface area contributed by atoms with Crippen molar-refractivity contribution in [1.29, 1.82) is 0 Å². The molecule has 0 unspecified atom stereocenters. The first-order valence-electron chi connectivity index (χ1n) is 4.62. The van der Waals surface area contributed by atoms with Gasteiger partial charge in [0.1, 0.15) is 0 Å². The van der Waals surface area contributed by atoms with E-state index in [4.69, 9.17) is 14.8 Å². The van der Waals surface area contributed by atoms with Gasteiger partial charge in [-0.1, -0.05) is 6.92 Å². The fourth-order valence-corrected chi connectivity index (χ4v) is 2.88. The molecule has 84 valence electrons. The monoisotopic (exact) mass is 223 g/mol. The molecule has 0 aromatic rings. The summed E-state index contributed by atoms with van der Waals surface area (Å²) >= 11 is 0. The summed E-state index contributed by atoms with van der Waals surface area (Å²) in [5, 5.41) is 0. The van der Waals surface area contributed by atoms with Crippen LogP contribution in [0.3, 0.4) is 0 Å². The van der Waals surface area contributed by atoms with E-state index in [0.717, 1.165) is 0 Å². The zero-order chi connectivity index (χ0) is 11.2. The molecule has 0 heterocycles. The lowest BCUT2D eigenvalue weighted by molar-refractivity contribution is -0.120. The van der Waals surface area contributed by atoms with Crippen LogP contribution in [0, 0.1) is 5.92 Å². The maximum atomic E-state index is 11.9. The van der Waals surface area contributed by atoms with Gasteiger partial charge in [0, 0.05) is 5.92 Å². The van der Waals surface area contributed by atoms with Crippen LogP contribution in [0.1, 0.15) is 20.8 Å². The maximum absolute atomic E-state index is 11.9. The first-order valence-corrected chi connectivity index (χ1v) is 6.35. The summed E-state index contributed by atoms with van der Waals surface area (Å²) in [6.07, 6.45) is 0.0456. The van der Waals surface area contributed by atoms with Crippen LogP contribution in [0.2, 0.25) is 0 Å². The van der Waals surface area contributed by atoms with Gasteiger partial charge in [-0.25, -0.2) is 0 Å². The van der Waals surface area contributed by atoms with E-state index in [1.807, 2.05) is 0 Å². The third kappa shape index (κ3) is 4.74. The molecule has 0 bridgehead atoms. The Balaban J connectivity index is 4.35. The standard InChI is InChI=1S/C8H18NO4P/c1-4-12-14(11,13-5-2)6-7(3)8(9)10/h7H,4-6H2,1-3H3,(H2,9,10)/t7-/m1/s1. The predicted molar refractivity (Wildman–Crippen MR) is 54.1 cm³/mol. The van der Waals surface area contributed by atoms with Crippen LogP contribution in [-0.2, 0) is 18.4 Å².